The smallest absolute Gasteiger partial charge is 0.234 e. The van der Waals surface area contributed by atoms with Crippen molar-refractivity contribution >= 4 is 11.7 Å². The van der Waals surface area contributed by atoms with Crippen LogP contribution in [0.2, 0.25) is 0 Å². The van der Waals surface area contributed by atoms with Crippen LogP contribution < -0.4 is 10.6 Å². The molecule has 0 rings (SSSR count). The van der Waals surface area contributed by atoms with Crippen LogP contribution in [0.5, 0.6) is 0 Å². The average Bonchev–Trinajstić information content (AvgIpc) is 2.22. The van der Waals surface area contributed by atoms with Gasteiger partial charge < -0.3 is 10.6 Å². The van der Waals surface area contributed by atoms with Crippen molar-refractivity contribution in [3.63, 3.8) is 0 Å². The van der Waals surface area contributed by atoms with Gasteiger partial charge >= 0.3 is 0 Å². The van der Waals surface area contributed by atoms with Gasteiger partial charge in [0.1, 0.15) is 0 Å². The van der Waals surface area contributed by atoms with E-state index in [1.807, 2.05) is 34.6 Å². The summed E-state index contributed by atoms with van der Waals surface area (Å²) in [5, 5.41) is 5.98. The molecular formula is C15H30N2O2. The second-order valence-corrected chi connectivity index (χ2v) is 6.91. The fourth-order valence-electron chi connectivity index (χ4n) is 1.71. The summed E-state index contributed by atoms with van der Waals surface area (Å²) in [5.74, 6) is 0.315. The number of Topliss-reactive ketones (excluding diaryl/α,β-unsaturated/α-hetero) is 1. The van der Waals surface area contributed by atoms with E-state index >= 15 is 0 Å². The first-order valence-electron chi connectivity index (χ1n) is 7.11. The Bertz CT molecular complexity index is 304. The fourth-order valence-corrected chi connectivity index (χ4v) is 1.71. The molecule has 0 saturated heterocycles. The summed E-state index contributed by atoms with van der Waals surface area (Å²) < 4.78 is 0. The van der Waals surface area contributed by atoms with E-state index in [-0.39, 0.29) is 35.7 Å². The van der Waals surface area contributed by atoms with Gasteiger partial charge in [-0.2, -0.15) is 0 Å². The molecule has 0 fully saturated rings. The van der Waals surface area contributed by atoms with Crippen LogP contribution in [0.15, 0.2) is 0 Å². The molecule has 1 amide bonds. The number of carbonyl (C=O) groups excluding carboxylic acids is 2. The molecule has 0 aliphatic heterocycles. The van der Waals surface area contributed by atoms with Crippen molar-refractivity contribution in [2.24, 2.45) is 11.8 Å². The molecule has 2 N–H and O–H groups in total. The predicted octanol–water partition coefficient (Wildman–Crippen LogP) is 2.13. The van der Waals surface area contributed by atoms with E-state index in [1.165, 1.54) is 0 Å². The number of hydrogen-bond donors (Lipinski definition) is 2. The standard InChI is InChI=1S/C15H30N2O2/c1-10(2)8-12(14(19)11(3)4)17-13(18)9-16-15(5,6)7/h10-12,16H,8-9H2,1-7H3,(H,17,18)/t12-/m0/s1. The zero-order valence-corrected chi connectivity index (χ0v) is 13.5. The summed E-state index contributed by atoms with van der Waals surface area (Å²) in [6.45, 7) is 14.1. The zero-order chi connectivity index (χ0) is 15.2. The lowest BCUT2D eigenvalue weighted by molar-refractivity contribution is -0.129. The van der Waals surface area contributed by atoms with Crippen molar-refractivity contribution in [2.45, 2.75) is 66.5 Å². The van der Waals surface area contributed by atoms with Crippen LogP contribution in [0.4, 0.5) is 0 Å². The van der Waals surface area contributed by atoms with Gasteiger partial charge in [0.25, 0.3) is 0 Å². The number of carbonyl (C=O) groups is 2. The third kappa shape index (κ3) is 8.76. The Morgan fingerprint density at radius 3 is 1.95 bits per heavy atom. The van der Waals surface area contributed by atoms with Gasteiger partial charge in [0.2, 0.25) is 5.91 Å². The Balaban J connectivity index is 4.47. The highest BCUT2D eigenvalue weighted by Gasteiger charge is 2.24. The average molecular weight is 270 g/mol. The Morgan fingerprint density at radius 1 is 1.05 bits per heavy atom. The van der Waals surface area contributed by atoms with E-state index in [0.29, 0.717) is 12.3 Å². The van der Waals surface area contributed by atoms with Gasteiger partial charge in [-0.3, -0.25) is 9.59 Å². The van der Waals surface area contributed by atoms with Crippen molar-refractivity contribution in [1.29, 1.82) is 0 Å². The van der Waals surface area contributed by atoms with Crippen molar-refractivity contribution in [1.82, 2.24) is 10.6 Å². The van der Waals surface area contributed by atoms with Gasteiger partial charge in [0, 0.05) is 11.5 Å². The molecule has 0 aromatic rings. The summed E-state index contributed by atoms with van der Waals surface area (Å²) in [6.07, 6.45) is 0.693. The van der Waals surface area contributed by atoms with Gasteiger partial charge in [-0.25, -0.2) is 0 Å². The maximum absolute atomic E-state index is 12.1. The molecule has 1 atom stereocenters. The van der Waals surface area contributed by atoms with Crippen LogP contribution in [0, 0.1) is 11.8 Å². The normalized spacial score (nSPS) is 13.7. The van der Waals surface area contributed by atoms with E-state index in [1.54, 1.807) is 0 Å². The lowest BCUT2D eigenvalue weighted by Gasteiger charge is -2.24. The molecule has 0 bridgehead atoms. The number of rotatable bonds is 7. The van der Waals surface area contributed by atoms with Crippen LogP contribution in [0.25, 0.3) is 0 Å². The molecule has 0 unspecified atom stereocenters. The molecule has 0 aromatic heterocycles. The molecule has 112 valence electrons. The second kappa shape index (κ2) is 7.63. The van der Waals surface area contributed by atoms with E-state index < -0.39 is 0 Å². The second-order valence-electron chi connectivity index (χ2n) is 6.91. The predicted molar refractivity (Wildman–Crippen MR) is 79.0 cm³/mol. The quantitative estimate of drug-likeness (QED) is 0.745. The van der Waals surface area contributed by atoms with Gasteiger partial charge in [-0.05, 0) is 33.1 Å². The number of amides is 1. The monoisotopic (exact) mass is 270 g/mol. The first kappa shape index (κ1) is 18.1. The molecule has 19 heavy (non-hydrogen) atoms. The first-order valence-corrected chi connectivity index (χ1v) is 7.11. The van der Waals surface area contributed by atoms with Crippen LogP contribution in [0.3, 0.4) is 0 Å². The fraction of sp³-hybridized carbons (Fsp3) is 0.867. The number of ketones is 1. The van der Waals surface area contributed by atoms with Crippen LogP contribution in [0.1, 0.15) is 54.9 Å². The highest BCUT2D eigenvalue weighted by Crippen LogP contribution is 2.10. The number of hydrogen-bond acceptors (Lipinski definition) is 3. The molecule has 0 spiro atoms. The molecule has 0 heterocycles. The summed E-state index contributed by atoms with van der Waals surface area (Å²) >= 11 is 0. The Kier molecular flexibility index (Phi) is 7.27. The maximum Gasteiger partial charge on any atom is 0.234 e. The van der Waals surface area contributed by atoms with E-state index in [4.69, 9.17) is 0 Å². The molecule has 0 saturated carbocycles. The zero-order valence-electron chi connectivity index (χ0n) is 13.5. The first-order chi connectivity index (χ1) is 8.53. The van der Waals surface area contributed by atoms with Crippen LogP contribution in [-0.4, -0.2) is 29.8 Å². The van der Waals surface area contributed by atoms with Gasteiger partial charge in [0.05, 0.1) is 12.6 Å². The summed E-state index contributed by atoms with van der Waals surface area (Å²) in [5.41, 5.74) is -0.104. The SMILES string of the molecule is CC(C)C[C@H](NC(=O)CNC(C)(C)C)C(=O)C(C)C. The third-order valence-corrected chi connectivity index (χ3v) is 2.73. The molecule has 0 aliphatic rings. The summed E-state index contributed by atoms with van der Waals surface area (Å²) in [4.78, 5) is 24.0. The Morgan fingerprint density at radius 2 is 1.58 bits per heavy atom. The maximum atomic E-state index is 12.1. The molecule has 0 aliphatic carbocycles. The Hall–Kier alpha value is -0.900. The van der Waals surface area contributed by atoms with Gasteiger partial charge in [0.15, 0.2) is 5.78 Å². The lowest BCUT2D eigenvalue weighted by atomic mass is 9.94. The minimum absolute atomic E-state index is 0.0559. The van der Waals surface area contributed by atoms with Gasteiger partial charge in [-0.1, -0.05) is 27.7 Å². The van der Waals surface area contributed by atoms with Crippen LogP contribution >= 0.6 is 0 Å². The van der Waals surface area contributed by atoms with Crippen molar-refractivity contribution in [3.8, 4) is 0 Å². The molecule has 4 nitrogen and oxygen atoms in total. The van der Waals surface area contributed by atoms with E-state index in [2.05, 4.69) is 24.5 Å². The topological polar surface area (TPSA) is 58.2 Å². The van der Waals surface area contributed by atoms with Crippen molar-refractivity contribution in [2.75, 3.05) is 6.54 Å². The molecule has 0 aromatic carbocycles. The minimum Gasteiger partial charge on any atom is -0.345 e. The Labute approximate surface area is 117 Å². The number of nitrogens with one attached hydrogen (secondary N) is 2. The third-order valence-electron chi connectivity index (χ3n) is 2.73. The van der Waals surface area contributed by atoms with Crippen molar-refractivity contribution < 1.29 is 9.59 Å². The van der Waals surface area contributed by atoms with Crippen molar-refractivity contribution in [3.05, 3.63) is 0 Å². The van der Waals surface area contributed by atoms with Crippen LogP contribution in [-0.2, 0) is 9.59 Å². The largest absolute Gasteiger partial charge is 0.345 e. The van der Waals surface area contributed by atoms with E-state index in [9.17, 15) is 9.59 Å². The molecule has 4 heteroatoms. The highest BCUT2D eigenvalue weighted by molar-refractivity contribution is 5.90. The highest BCUT2D eigenvalue weighted by atomic mass is 16.2. The van der Waals surface area contributed by atoms with E-state index in [0.717, 1.165) is 0 Å². The minimum atomic E-state index is -0.366. The molecule has 0 radical (unpaired) electrons. The summed E-state index contributed by atoms with van der Waals surface area (Å²) in [6, 6.07) is -0.366. The summed E-state index contributed by atoms with van der Waals surface area (Å²) in [7, 11) is 0. The van der Waals surface area contributed by atoms with Gasteiger partial charge in [-0.15, -0.1) is 0 Å². The lowest BCUT2D eigenvalue weighted by Crippen LogP contribution is -2.49. The molecular weight excluding hydrogens is 240 g/mol.